The van der Waals surface area contributed by atoms with Crippen LogP contribution in [0.3, 0.4) is 0 Å². The summed E-state index contributed by atoms with van der Waals surface area (Å²) >= 11 is 0. The van der Waals surface area contributed by atoms with E-state index in [0.717, 1.165) is 26.1 Å². The lowest BCUT2D eigenvalue weighted by Gasteiger charge is -2.43. The van der Waals surface area contributed by atoms with Gasteiger partial charge in [-0.2, -0.15) is 0 Å². The zero-order valence-electron chi connectivity index (χ0n) is 8.34. The smallest absolute Gasteiger partial charge is 0.0950 e. The van der Waals surface area contributed by atoms with E-state index in [9.17, 15) is 0 Å². The average Bonchev–Trinajstić information content (AvgIpc) is 2.13. The summed E-state index contributed by atoms with van der Waals surface area (Å²) < 4.78 is 11.2. The third-order valence-corrected chi connectivity index (χ3v) is 3.20. The minimum absolute atomic E-state index is 0.0853. The number of ether oxygens (including phenoxy) is 2. The zero-order valence-corrected chi connectivity index (χ0v) is 8.34. The molecule has 3 heteroatoms. The van der Waals surface area contributed by atoms with Gasteiger partial charge in [-0.1, -0.05) is 0 Å². The monoisotopic (exact) mass is 185 g/mol. The number of rotatable bonds is 3. The molecule has 0 aliphatic carbocycles. The van der Waals surface area contributed by atoms with E-state index in [1.807, 2.05) is 7.11 Å². The third kappa shape index (κ3) is 2.03. The molecule has 0 aromatic carbocycles. The first-order valence-electron chi connectivity index (χ1n) is 5.22. The summed E-state index contributed by atoms with van der Waals surface area (Å²) in [5.74, 6) is 0. The van der Waals surface area contributed by atoms with E-state index >= 15 is 0 Å². The molecular weight excluding hydrogens is 166 g/mol. The van der Waals surface area contributed by atoms with Crippen molar-refractivity contribution in [2.75, 3.05) is 26.8 Å². The molecule has 2 aliphatic rings. The molecule has 1 unspecified atom stereocenters. The Kier molecular flexibility index (Phi) is 2.86. The fraction of sp³-hybridized carbons (Fsp3) is 1.00. The van der Waals surface area contributed by atoms with Crippen molar-refractivity contribution in [1.82, 2.24) is 5.32 Å². The van der Waals surface area contributed by atoms with Crippen LogP contribution in [-0.2, 0) is 9.47 Å². The van der Waals surface area contributed by atoms with Crippen molar-refractivity contribution in [1.29, 1.82) is 0 Å². The maximum Gasteiger partial charge on any atom is 0.0950 e. The van der Waals surface area contributed by atoms with Gasteiger partial charge < -0.3 is 14.8 Å². The van der Waals surface area contributed by atoms with Gasteiger partial charge in [0.05, 0.1) is 11.7 Å². The van der Waals surface area contributed by atoms with E-state index in [1.54, 1.807) is 0 Å². The van der Waals surface area contributed by atoms with Gasteiger partial charge in [0.15, 0.2) is 0 Å². The highest BCUT2D eigenvalue weighted by Gasteiger charge is 2.39. The molecule has 0 saturated carbocycles. The zero-order chi connectivity index (χ0) is 9.15. The van der Waals surface area contributed by atoms with Crippen LogP contribution in [0.4, 0.5) is 0 Å². The minimum atomic E-state index is 0.0853. The maximum atomic E-state index is 5.70. The number of hydrogen-bond acceptors (Lipinski definition) is 3. The summed E-state index contributed by atoms with van der Waals surface area (Å²) in [6.07, 6.45) is 5.27. The first kappa shape index (κ1) is 9.44. The first-order chi connectivity index (χ1) is 6.35. The minimum Gasteiger partial charge on any atom is -0.378 e. The summed E-state index contributed by atoms with van der Waals surface area (Å²) in [4.78, 5) is 0. The Labute approximate surface area is 79.8 Å². The molecule has 2 heterocycles. The quantitative estimate of drug-likeness (QED) is 0.709. The van der Waals surface area contributed by atoms with Crippen LogP contribution in [0.2, 0.25) is 0 Å². The molecule has 0 radical (unpaired) electrons. The summed E-state index contributed by atoms with van der Waals surface area (Å²) in [5.41, 5.74) is 0.0853. The summed E-state index contributed by atoms with van der Waals surface area (Å²) in [5, 5.41) is 3.26. The highest BCUT2D eigenvalue weighted by Crippen LogP contribution is 2.27. The molecule has 3 nitrogen and oxygen atoms in total. The first-order valence-corrected chi connectivity index (χ1v) is 5.22. The molecule has 0 aromatic rings. The van der Waals surface area contributed by atoms with Crippen LogP contribution in [0.5, 0.6) is 0 Å². The van der Waals surface area contributed by atoms with Crippen LogP contribution in [0.25, 0.3) is 0 Å². The van der Waals surface area contributed by atoms with Crippen molar-refractivity contribution in [2.45, 2.75) is 37.4 Å². The molecular formula is C10H19NO2. The van der Waals surface area contributed by atoms with Gasteiger partial charge in [-0.25, -0.2) is 0 Å². The summed E-state index contributed by atoms with van der Waals surface area (Å²) in [7, 11) is 1.81. The van der Waals surface area contributed by atoms with Gasteiger partial charge in [-0.3, -0.25) is 0 Å². The normalized spacial score (nSPS) is 32.5. The molecule has 0 amide bonds. The molecule has 76 valence electrons. The van der Waals surface area contributed by atoms with Crippen LogP contribution in [0, 0.1) is 0 Å². The second-order valence-electron chi connectivity index (χ2n) is 4.18. The second-order valence-corrected chi connectivity index (χ2v) is 4.18. The molecule has 2 rings (SSSR count). The number of hydrogen-bond donors (Lipinski definition) is 1. The largest absolute Gasteiger partial charge is 0.378 e. The molecule has 2 fully saturated rings. The molecule has 2 saturated heterocycles. The topological polar surface area (TPSA) is 30.5 Å². The standard InChI is InChI=1S/C10H19NO2/c1-12-10(7-11-8-10)6-9-4-2-3-5-13-9/h9,11H,2-8H2,1H3. The highest BCUT2D eigenvalue weighted by molar-refractivity contribution is 4.96. The summed E-state index contributed by atoms with van der Waals surface area (Å²) in [6, 6.07) is 0. The van der Waals surface area contributed by atoms with Gasteiger partial charge in [-0.15, -0.1) is 0 Å². The maximum absolute atomic E-state index is 5.70. The average molecular weight is 185 g/mol. The van der Waals surface area contributed by atoms with E-state index in [-0.39, 0.29) is 5.60 Å². The van der Waals surface area contributed by atoms with E-state index in [0.29, 0.717) is 6.10 Å². The Hall–Kier alpha value is -0.120. The Morgan fingerprint density at radius 2 is 2.31 bits per heavy atom. The van der Waals surface area contributed by atoms with Crippen molar-refractivity contribution in [2.24, 2.45) is 0 Å². The van der Waals surface area contributed by atoms with Crippen molar-refractivity contribution < 1.29 is 9.47 Å². The van der Waals surface area contributed by atoms with Crippen LogP contribution < -0.4 is 5.32 Å². The van der Waals surface area contributed by atoms with Gasteiger partial charge in [0.2, 0.25) is 0 Å². The van der Waals surface area contributed by atoms with E-state index < -0.39 is 0 Å². The molecule has 0 bridgehead atoms. The molecule has 2 aliphatic heterocycles. The van der Waals surface area contributed by atoms with Gasteiger partial charge in [-0.05, 0) is 19.3 Å². The van der Waals surface area contributed by atoms with Crippen molar-refractivity contribution in [3.05, 3.63) is 0 Å². The fourth-order valence-electron chi connectivity index (χ4n) is 2.16. The molecule has 13 heavy (non-hydrogen) atoms. The van der Waals surface area contributed by atoms with E-state index in [2.05, 4.69) is 5.32 Å². The lowest BCUT2D eigenvalue weighted by Crippen LogP contribution is -2.62. The lowest BCUT2D eigenvalue weighted by atomic mass is 9.87. The van der Waals surface area contributed by atoms with Gasteiger partial charge >= 0.3 is 0 Å². The predicted molar refractivity (Wildman–Crippen MR) is 50.8 cm³/mol. The SMILES string of the molecule is COC1(CC2CCCCO2)CNC1. The Balaban J connectivity index is 1.81. The van der Waals surface area contributed by atoms with Crippen molar-refractivity contribution in [3.63, 3.8) is 0 Å². The van der Waals surface area contributed by atoms with E-state index in [4.69, 9.17) is 9.47 Å². The molecule has 0 aromatic heterocycles. The molecule has 1 atom stereocenters. The van der Waals surface area contributed by atoms with Crippen LogP contribution in [0.1, 0.15) is 25.7 Å². The Morgan fingerprint density at radius 3 is 2.77 bits per heavy atom. The molecule has 1 N–H and O–H groups in total. The second kappa shape index (κ2) is 3.95. The fourth-order valence-corrected chi connectivity index (χ4v) is 2.16. The molecule has 0 spiro atoms. The van der Waals surface area contributed by atoms with Crippen molar-refractivity contribution in [3.8, 4) is 0 Å². The van der Waals surface area contributed by atoms with Crippen LogP contribution in [0.15, 0.2) is 0 Å². The van der Waals surface area contributed by atoms with Crippen LogP contribution >= 0.6 is 0 Å². The third-order valence-electron chi connectivity index (χ3n) is 3.20. The van der Waals surface area contributed by atoms with Crippen LogP contribution in [-0.4, -0.2) is 38.5 Å². The van der Waals surface area contributed by atoms with Gasteiger partial charge in [0, 0.05) is 33.2 Å². The number of nitrogens with one attached hydrogen (secondary N) is 1. The number of methoxy groups -OCH3 is 1. The lowest BCUT2D eigenvalue weighted by molar-refractivity contribution is -0.102. The summed E-state index contributed by atoms with van der Waals surface area (Å²) in [6.45, 7) is 2.92. The highest BCUT2D eigenvalue weighted by atomic mass is 16.5. The van der Waals surface area contributed by atoms with Gasteiger partial charge in [0.25, 0.3) is 0 Å². The Bertz CT molecular complexity index is 157. The predicted octanol–water partition coefficient (Wildman–Crippen LogP) is 0.934. The Morgan fingerprint density at radius 1 is 1.46 bits per heavy atom. The van der Waals surface area contributed by atoms with Gasteiger partial charge in [0.1, 0.15) is 0 Å². The van der Waals surface area contributed by atoms with E-state index in [1.165, 1.54) is 19.3 Å². The van der Waals surface area contributed by atoms with Crippen molar-refractivity contribution >= 4 is 0 Å².